The van der Waals surface area contributed by atoms with Crippen LogP contribution >= 0.6 is 0 Å². The minimum atomic E-state index is -3.88. The third-order valence-electron chi connectivity index (χ3n) is 3.37. The van der Waals surface area contributed by atoms with Gasteiger partial charge < -0.3 is 4.90 Å². The lowest BCUT2D eigenvalue weighted by Crippen LogP contribution is -2.39. The van der Waals surface area contributed by atoms with Gasteiger partial charge in [-0.25, -0.2) is 13.6 Å². The smallest absolute Gasteiger partial charge is 0.255 e. The van der Waals surface area contributed by atoms with Gasteiger partial charge in [0.15, 0.2) is 0 Å². The second-order valence-electron chi connectivity index (χ2n) is 5.04. The summed E-state index contributed by atoms with van der Waals surface area (Å²) in [6.45, 7) is 3.42. The lowest BCUT2D eigenvalue weighted by atomic mass is 9.99. The number of rotatable bonds is 2. The molecule has 0 aromatic heterocycles. The van der Waals surface area contributed by atoms with Crippen molar-refractivity contribution in [2.75, 3.05) is 13.1 Å². The number of nitrogens with zero attached hydrogens (tertiary/aromatic N) is 1. The van der Waals surface area contributed by atoms with E-state index in [-0.39, 0.29) is 16.4 Å². The topological polar surface area (TPSA) is 80.5 Å². The molecule has 1 aromatic rings. The molecule has 1 atom stereocenters. The Morgan fingerprint density at radius 2 is 2.05 bits per heavy atom. The maximum absolute atomic E-state index is 12.4. The first-order chi connectivity index (χ1) is 8.89. The molecule has 1 aliphatic heterocycles. The first-order valence-electron chi connectivity index (χ1n) is 6.30. The van der Waals surface area contributed by atoms with Crippen LogP contribution in [0.1, 0.15) is 30.1 Å². The normalized spacial score (nSPS) is 20.3. The summed E-state index contributed by atoms with van der Waals surface area (Å²) in [5, 5.41) is 5.15. The van der Waals surface area contributed by atoms with Crippen molar-refractivity contribution >= 4 is 15.9 Å². The molecule has 1 amide bonds. The Labute approximate surface area is 113 Å². The summed E-state index contributed by atoms with van der Waals surface area (Å²) in [7, 11) is -3.88. The molecule has 0 spiro atoms. The van der Waals surface area contributed by atoms with E-state index in [9.17, 15) is 13.2 Å². The quantitative estimate of drug-likeness (QED) is 0.885. The van der Waals surface area contributed by atoms with E-state index in [2.05, 4.69) is 6.92 Å². The number of hydrogen-bond acceptors (Lipinski definition) is 3. The van der Waals surface area contributed by atoms with E-state index >= 15 is 0 Å². The molecule has 0 radical (unpaired) electrons. The number of nitrogens with two attached hydrogens (primary N) is 1. The van der Waals surface area contributed by atoms with E-state index in [1.165, 1.54) is 12.1 Å². The molecule has 6 heteroatoms. The number of benzene rings is 1. The molecular formula is C13H18N2O3S. The minimum absolute atomic E-state index is 0.0989. The third-order valence-corrected chi connectivity index (χ3v) is 4.34. The SMILES string of the molecule is CC1CCCN(C(=O)c2ccccc2S(N)(=O)=O)C1. The fourth-order valence-corrected chi connectivity index (χ4v) is 3.17. The van der Waals surface area contributed by atoms with Gasteiger partial charge in [-0.15, -0.1) is 0 Å². The van der Waals surface area contributed by atoms with Crippen molar-refractivity contribution in [1.82, 2.24) is 4.90 Å². The molecule has 104 valence electrons. The van der Waals surface area contributed by atoms with Gasteiger partial charge in [-0.1, -0.05) is 19.1 Å². The number of carbonyl (C=O) groups excluding carboxylic acids is 1. The summed E-state index contributed by atoms with van der Waals surface area (Å²) in [6, 6.07) is 6.10. The zero-order valence-corrected chi connectivity index (χ0v) is 11.7. The molecule has 1 fully saturated rings. The van der Waals surface area contributed by atoms with Gasteiger partial charge in [0.05, 0.1) is 10.5 Å². The van der Waals surface area contributed by atoms with Gasteiger partial charge in [0.25, 0.3) is 5.91 Å². The zero-order chi connectivity index (χ0) is 14.0. The van der Waals surface area contributed by atoms with E-state index in [1.54, 1.807) is 17.0 Å². The summed E-state index contributed by atoms with van der Waals surface area (Å²) < 4.78 is 23.0. The molecule has 19 heavy (non-hydrogen) atoms. The van der Waals surface area contributed by atoms with Crippen molar-refractivity contribution in [3.8, 4) is 0 Å². The predicted octanol–water partition coefficient (Wildman–Crippen LogP) is 1.21. The van der Waals surface area contributed by atoms with Crippen molar-refractivity contribution in [2.45, 2.75) is 24.7 Å². The van der Waals surface area contributed by atoms with Crippen LogP contribution in [0.4, 0.5) is 0 Å². The number of amides is 1. The van der Waals surface area contributed by atoms with Crippen LogP contribution in [0.5, 0.6) is 0 Å². The van der Waals surface area contributed by atoms with E-state index in [0.717, 1.165) is 12.8 Å². The van der Waals surface area contributed by atoms with E-state index in [0.29, 0.717) is 19.0 Å². The molecular weight excluding hydrogens is 264 g/mol. The monoisotopic (exact) mass is 282 g/mol. The Morgan fingerprint density at radius 3 is 2.68 bits per heavy atom. The van der Waals surface area contributed by atoms with Gasteiger partial charge in [0.2, 0.25) is 10.0 Å². The van der Waals surface area contributed by atoms with Crippen LogP contribution in [0.25, 0.3) is 0 Å². The van der Waals surface area contributed by atoms with Crippen molar-refractivity contribution in [3.63, 3.8) is 0 Å². The molecule has 0 bridgehead atoms. The first kappa shape index (κ1) is 14.0. The fraction of sp³-hybridized carbons (Fsp3) is 0.462. The Bertz CT molecular complexity index is 583. The number of likely N-dealkylation sites (tertiary alicyclic amines) is 1. The fourth-order valence-electron chi connectivity index (χ4n) is 2.44. The van der Waals surface area contributed by atoms with Crippen LogP contribution in [-0.4, -0.2) is 32.3 Å². The van der Waals surface area contributed by atoms with Crippen LogP contribution in [0.2, 0.25) is 0 Å². The summed E-state index contributed by atoms with van der Waals surface area (Å²) >= 11 is 0. The molecule has 1 unspecified atom stereocenters. The Kier molecular flexibility index (Phi) is 3.91. The molecule has 2 N–H and O–H groups in total. The van der Waals surface area contributed by atoms with Crippen molar-refractivity contribution < 1.29 is 13.2 Å². The average molecular weight is 282 g/mol. The molecule has 0 saturated carbocycles. The van der Waals surface area contributed by atoms with Crippen molar-refractivity contribution in [2.24, 2.45) is 11.1 Å². The van der Waals surface area contributed by atoms with Crippen LogP contribution in [0, 0.1) is 5.92 Å². The van der Waals surface area contributed by atoms with Crippen LogP contribution in [-0.2, 0) is 10.0 Å². The highest BCUT2D eigenvalue weighted by Gasteiger charge is 2.26. The summed E-state index contributed by atoms with van der Waals surface area (Å²) in [5.74, 6) is 0.190. The van der Waals surface area contributed by atoms with Crippen LogP contribution in [0.3, 0.4) is 0 Å². The van der Waals surface area contributed by atoms with Gasteiger partial charge in [-0.3, -0.25) is 4.79 Å². The van der Waals surface area contributed by atoms with Gasteiger partial charge in [-0.2, -0.15) is 0 Å². The number of piperidine rings is 1. The second-order valence-corrected chi connectivity index (χ2v) is 6.57. The number of primary sulfonamides is 1. The predicted molar refractivity (Wildman–Crippen MR) is 72.1 cm³/mol. The molecule has 1 saturated heterocycles. The number of carbonyl (C=O) groups is 1. The Balaban J connectivity index is 2.34. The highest BCUT2D eigenvalue weighted by molar-refractivity contribution is 7.89. The zero-order valence-electron chi connectivity index (χ0n) is 10.9. The molecule has 1 aromatic carbocycles. The number of sulfonamides is 1. The highest BCUT2D eigenvalue weighted by Crippen LogP contribution is 2.21. The van der Waals surface area contributed by atoms with Crippen LogP contribution < -0.4 is 5.14 Å². The average Bonchev–Trinajstić information content (AvgIpc) is 2.37. The highest BCUT2D eigenvalue weighted by atomic mass is 32.2. The Morgan fingerprint density at radius 1 is 1.37 bits per heavy atom. The lowest BCUT2D eigenvalue weighted by molar-refractivity contribution is 0.0679. The van der Waals surface area contributed by atoms with E-state index in [1.807, 2.05) is 0 Å². The first-order valence-corrected chi connectivity index (χ1v) is 7.85. The number of hydrogen-bond donors (Lipinski definition) is 1. The van der Waals surface area contributed by atoms with E-state index in [4.69, 9.17) is 5.14 Å². The third kappa shape index (κ3) is 3.13. The lowest BCUT2D eigenvalue weighted by Gasteiger charge is -2.31. The van der Waals surface area contributed by atoms with Gasteiger partial charge in [0.1, 0.15) is 0 Å². The van der Waals surface area contributed by atoms with E-state index < -0.39 is 10.0 Å². The maximum Gasteiger partial charge on any atom is 0.255 e. The molecule has 2 rings (SSSR count). The summed E-state index contributed by atoms with van der Waals surface area (Å²) in [4.78, 5) is 14.0. The summed E-state index contributed by atoms with van der Waals surface area (Å²) in [5.41, 5.74) is 0.166. The summed E-state index contributed by atoms with van der Waals surface area (Å²) in [6.07, 6.45) is 2.05. The molecule has 1 heterocycles. The maximum atomic E-state index is 12.4. The van der Waals surface area contributed by atoms with Gasteiger partial charge in [0, 0.05) is 13.1 Å². The standard InChI is InChI=1S/C13H18N2O3S/c1-10-5-4-8-15(9-10)13(16)11-6-2-3-7-12(11)19(14,17)18/h2-3,6-7,10H,4-5,8-9H2,1H3,(H2,14,17,18). The molecule has 0 aliphatic carbocycles. The van der Waals surface area contributed by atoms with Crippen molar-refractivity contribution in [3.05, 3.63) is 29.8 Å². The molecule has 5 nitrogen and oxygen atoms in total. The minimum Gasteiger partial charge on any atom is -0.338 e. The second kappa shape index (κ2) is 5.30. The Hall–Kier alpha value is -1.40. The molecule has 1 aliphatic rings. The van der Waals surface area contributed by atoms with Crippen LogP contribution in [0.15, 0.2) is 29.2 Å². The van der Waals surface area contributed by atoms with Gasteiger partial charge in [-0.05, 0) is 30.9 Å². The van der Waals surface area contributed by atoms with Crippen molar-refractivity contribution in [1.29, 1.82) is 0 Å². The van der Waals surface area contributed by atoms with Gasteiger partial charge >= 0.3 is 0 Å². The largest absolute Gasteiger partial charge is 0.338 e.